The van der Waals surface area contributed by atoms with Crippen LogP contribution < -0.4 is 5.32 Å². The van der Waals surface area contributed by atoms with Crippen LogP contribution in [-0.4, -0.2) is 42.7 Å². The topological polar surface area (TPSA) is 82.3 Å². The van der Waals surface area contributed by atoms with Crippen LogP contribution >= 0.6 is 0 Å². The number of carbonyl (C=O) groups is 1. The Balaban J connectivity index is 1.69. The maximum atomic E-state index is 12.5. The van der Waals surface area contributed by atoms with Crippen LogP contribution in [0.5, 0.6) is 0 Å². The Morgan fingerprint density at radius 2 is 1.92 bits per heavy atom. The standard InChI is InChI=1S/C17H27N3O3S/c1-12-6-5-7-15(13(12)2)19-17(21)16-10-14(11-18-16)24(22,23)20-8-3-4-9-20/h10-13,15,18H,3-9H2,1-2H3,(H,19,21)/t12-,13-,15+/m1/s1. The van der Waals surface area contributed by atoms with Crippen LogP contribution in [0.1, 0.15) is 56.4 Å². The monoisotopic (exact) mass is 353 g/mol. The number of aromatic amines is 1. The van der Waals surface area contributed by atoms with Crippen LogP contribution in [0.3, 0.4) is 0 Å². The number of H-pyrrole nitrogens is 1. The van der Waals surface area contributed by atoms with Gasteiger partial charge in [0.1, 0.15) is 10.6 Å². The first-order valence-corrected chi connectivity index (χ1v) is 10.3. The summed E-state index contributed by atoms with van der Waals surface area (Å²) in [6.07, 6.45) is 6.53. The summed E-state index contributed by atoms with van der Waals surface area (Å²) < 4.78 is 26.5. The van der Waals surface area contributed by atoms with Gasteiger partial charge in [-0.15, -0.1) is 0 Å². The smallest absolute Gasteiger partial charge is 0.267 e. The van der Waals surface area contributed by atoms with Crippen molar-refractivity contribution in [1.82, 2.24) is 14.6 Å². The number of carbonyl (C=O) groups excluding carboxylic acids is 1. The molecule has 1 saturated heterocycles. The second-order valence-corrected chi connectivity index (χ2v) is 9.15. The molecule has 1 aromatic heterocycles. The van der Waals surface area contributed by atoms with E-state index >= 15 is 0 Å². The minimum atomic E-state index is -3.48. The normalized spacial score (nSPS) is 28.8. The number of hydrogen-bond acceptors (Lipinski definition) is 3. The molecule has 2 N–H and O–H groups in total. The van der Waals surface area contributed by atoms with Gasteiger partial charge in [0.25, 0.3) is 5.91 Å². The van der Waals surface area contributed by atoms with Gasteiger partial charge in [0.05, 0.1) is 0 Å². The summed E-state index contributed by atoms with van der Waals surface area (Å²) in [6.45, 7) is 5.52. The number of amides is 1. The predicted molar refractivity (Wildman–Crippen MR) is 92.2 cm³/mol. The molecule has 0 aromatic carbocycles. The highest BCUT2D eigenvalue weighted by atomic mass is 32.2. The van der Waals surface area contributed by atoms with Gasteiger partial charge in [0.2, 0.25) is 10.0 Å². The molecule has 3 atom stereocenters. The summed E-state index contributed by atoms with van der Waals surface area (Å²) >= 11 is 0. The lowest BCUT2D eigenvalue weighted by Crippen LogP contribution is -2.43. The molecule has 7 heteroatoms. The summed E-state index contributed by atoms with van der Waals surface area (Å²) in [6, 6.07) is 1.61. The third kappa shape index (κ3) is 3.37. The van der Waals surface area contributed by atoms with Crippen molar-refractivity contribution in [3.63, 3.8) is 0 Å². The Labute approximate surface area is 144 Å². The van der Waals surface area contributed by atoms with Crippen LogP contribution in [0.25, 0.3) is 0 Å². The molecular weight excluding hydrogens is 326 g/mol. The van der Waals surface area contributed by atoms with Crippen molar-refractivity contribution >= 4 is 15.9 Å². The van der Waals surface area contributed by atoms with Crippen molar-refractivity contribution < 1.29 is 13.2 Å². The van der Waals surface area contributed by atoms with E-state index in [1.165, 1.54) is 23.0 Å². The quantitative estimate of drug-likeness (QED) is 0.872. The van der Waals surface area contributed by atoms with Crippen LogP contribution in [0.2, 0.25) is 0 Å². The lowest BCUT2D eigenvalue weighted by atomic mass is 9.78. The van der Waals surface area contributed by atoms with Crippen LogP contribution in [0, 0.1) is 11.8 Å². The van der Waals surface area contributed by atoms with Crippen molar-refractivity contribution in [3.8, 4) is 0 Å². The molecule has 1 amide bonds. The fraction of sp³-hybridized carbons (Fsp3) is 0.706. The van der Waals surface area contributed by atoms with E-state index in [9.17, 15) is 13.2 Å². The van der Waals surface area contributed by atoms with E-state index in [1.54, 1.807) is 0 Å². The van der Waals surface area contributed by atoms with E-state index in [0.29, 0.717) is 30.6 Å². The lowest BCUT2D eigenvalue weighted by molar-refractivity contribution is 0.0886. The number of nitrogens with zero attached hydrogens (tertiary/aromatic N) is 1. The average molecular weight is 353 g/mol. The van der Waals surface area contributed by atoms with Gasteiger partial charge in [-0.25, -0.2) is 8.42 Å². The van der Waals surface area contributed by atoms with Crippen molar-refractivity contribution in [2.24, 2.45) is 11.8 Å². The van der Waals surface area contributed by atoms with E-state index in [1.807, 2.05) is 0 Å². The molecule has 1 saturated carbocycles. The summed E-state index contributed by atoms with van der Waals surface area (Å²) in [7, 11) is -3.48. The van der Waals surface area contributed by atoms with Gasteiger partial charge < -0.3 is 10.3 Å². The fourth-order valence-electron chi connectivity index (χ4n) is 3.76. The zero-order valence-corrected chi connectivity index (χ0v) is 15.2. The van der Waals surface area contributed by atoms with Gasteiger partial charge in [-0.1, -0.05) is 26.7 Å². The summed E-state index contributed by atoms with van der Waals surface area (Å²) in [5.74, 6) is 0.813. The lowest BCUT2D eigenvalue weighted by Gasteiger charge is -2.34. The summed E-state index contributed by atoms with van der Waals surface area (Å²) in [5.41, 5.74) is 0.318. The molecule has 134 valence electrons. The van der Waals surface area contributed by atoms with E-state index in [-0.39, 0.29) is 16.8 Å². The predicted octanol–water partition coefficient (Wildman–Crippen LogP) is 2.35. The van der Waals surface area contributed by atoms with Crippen LogP contribution in [0.4, 0.5) is 0 Å². The SMILES string of the molecule is C[C@@H]1[C@H](C)CCC[C@@H]1NC(=O)c1cc(S(=O)(=O)N2CCCC2)c[nH]1. The van der Waals surface area contributed by atoms with Crippen LogP contribution in [0.15, 0.2) is 17.2 Å². The van der Waals surface area contributed by atoms with E-state index < -0.39 is 10.0 Å². The molecule has 1 aliphatic heterocycles. The van der Waals surface area contributed by atoms with E-state index in [0.717, 1.165) is 25.7 Å². The number of rotatable bonds is 4. The fourth-order valence-corrected chi connectivity index (χ4v) is 5.28. The first-order chi connectivity index (χ1) is 11.4. The molecule has 0 unspecified atom stereocenters. The third-order valence-electron chi connectivity index (χ3n) is 5.63. The Bertz CT molecular complexity index is 692. The minimum Gasteiger partial charge on any atom is -0.356 e. The molecule has 2 fully saturated rings. The number of nitrogens with one attached hydrogen (secondary N) is 2. The average Bonchev–Trinajstić information content (AvgIpc) is 3.22. The van der Waals surface area contributed by atoms with E-state index in [2.05, 4.69) is 24.1 Å². The molecule has 0 radical (unpaired) electrons. The number of sulfonamides is 1. The third-order valence-corrected chi connectivity index (χ3v) is 7.50. The molecular formula is C17H27N3O3S. The molecule has 2 aliphatic rings. The maximum absolute atomic E-state index is 12.5. The number of aromatic nitrogens is 1. The Kier molecular flexibility index (Phi) is 5.01. The Morgan fingerprint density at radius 3 is 2.62 bits per heavy atom. The van der Waals surface area contributed by atoms with Crippen molar-refractivity contribution in [2.75, 3.05) is 13.1 Å². The molecule has 0 bridgehead atoms. The largest absolute Gasteiger partial charge is 0.356 e. The molecule has 2 heterocycles. The zero-order chi connectivity index (χ0) is 17.3. The molecule has 1 aliphatic carbocycles. The minimum absolute atomic E-state index is 0.156. The van der Waals surface area contributed by atoms with Gasteiger partial charge in [-0.2, -0.15) is 4.31 Å². The van der Waals surface area contributed by atoms with E-state index in [4.69, 9.17) is 0 Å². The molecule has 0 spiro atoms. The van der Waals surface area contributed by atoms with Gasteiger partial charge in [0.15, 0.2) is 0 Å². The van der Waals surface area contributed by atoms with Gasteiger partial charge in [0, 0.05) is 25.3 Å². The Morgan fingerprint density at radius 1 is 1.21 bits per heavy atom. The maximum Gasteiger partial charge on any atom is 0.267 e. The molecule has 1 aromatic rings. The molecule has 6 nitrogen and oxygen atoms in total. The highest BCUT2D eigenvalue weighted by molar-refractivity contribution is 7.89. The van der Waals surface area contributed by atoms with Crippen molar-refractivity contribution in [3.05, 3.63) is 18.0 Å². The first kappa shape index (κ1) is 17.5. The second kappa shape index (κ2) is 6.88. The van der Waals surface area contributed by atoms with Gasteiger partial charge in [-0.05, 0) is 37.2 Å². The number of hydrogen-bond donors (Lipinski definition) is 2. The molecule has 24 heavy (non-hydrogen) atoms. The highest BCUT2D eigenvalue weighted by Crippen LogP contribution is 2.29. The summed E-state index contributed by atoms with van der Waals surface area (Å²) in [4.78, 5) is 15.5. The van der Waals surface area contributed by atoms with Crippen molar-refractivity contribution in [1.29, 1.82) is 0 Å². The van der Waals surface area contributed by atoms with Gasteiger partial charge in [-0.3, -0.25) is 4.79 Å². The second-order valence-electron chi connectivity index (χ2n) is 7.21. The zero-order valence-electron chi connectivity index (χ0n) is 14.4. The first-order valence-electron chi connectivity index (χ1n) is 8.89. The van der Waals surface area contributed by atoms with Crippen molar-refractivity contribution in [2.45, 2.75) is 56.9 Å². The molecule has 3 rings (SSSR count). The Hall–Kier alpha value is -1.34. The van der Waals surface area contributed by atoms with Gasteiger partial charge >= 0.3 is 0 Å². The highest BCUT2D eigenvalue weighted by Gasteiger charge is 2.31. The summed E-state index contributed by atoms with van der Waals surface area (Å²) in [5, 5.41) is 3.07. The van der Waals surface area contributed by atoms with Crippen LogP contribution in [-0.2, 0) is 10.0 Å².